The van der Waals surface area contributed by atoms with Crippen LogP contribution in [0.5, 0.6) is 0 Å². The molecule has 2 aromatic carbocycles. The molecule has 51 heavy (non-hydrogen) atoms. The van der Waals surface area contributed by atoms with E-state index in [1.54, 1.807) is 4.90 Å². The number of epoxide rings is 1. The van der Waals surface area contributed by atoms with E-state index >= 15 is 0 Å². The van der Waals surface area contributed by atoms with E-state index in [0.29, 0.717) is 24.3 Å². The highest BCUT2D eigenvalue weighted by molar-refractivity contribution is 6.05. The summed E-state index contributed by atoms with van der Waals surface area (Å²) < 4.78 is 5.85. The van der Waals surface area contributed by atoms with Gasteiger partial charge in [0.1, 0.15) is 17.8 Å². The van der Waals surface area contributed by atoms with Crippen LogP contribution >= 0.6 is 0 Å². The van der Waals surface area contributed by atoms with E-state index < -0.39 is 18.2 Å². The molecule has 2 aromatic heterocycles. The fourth-order valence-electron chi connectivity index (χ4n) is 8.70. The minimum atomic E-state index is -0.712. The summed E-state index contributed by atoms with van der Waals surface area (Å²) in [6.07, 6.45) is 5.13. The molecule has 5 aliphatic rings. The van der Waals surface area contributed by atoms with Gasteiger partial charge in [0, 0.05) is 72.1 Å². The largest absolute Gasteiger partial charge is 0.371 e. The second-order valence-electron chi connectivity index (χ2n) is 15.8. The second kappa shape index (κ2) is 11.8. The number of nitrogens with zero attached hydrogens (tertiary/aromatic N) is 4. The zero-order valence-electron chi connectivity index (χ0n) is 29.3. The third-order valence-corrected chi connectivity index (χ3v) is 11.8. The Hall–Kier alpha value is -4.97. The van der Waals surface area contributed by atoms with Crippen molar-refractivity contribution in [3.05, 3.63) is 64.8 Å². The molecule has 3 N–H and O–H groups in total. The number of anilines is 2. The number of amides is 4. The quantitative estimate of drug-likeness (QED) is 0.183. The first-order chi connectivity index (χ1) is 24.5. The van der Waals surface area contributed by atoms with Crippen molar-refractivity contribution < 1.29 is 23.9 Å². The lowest BCUT2D eigenvalue weighted by Gasteiger charge is -2.34. The number of aromatic amines is 2. The summed E-state index contributed by atoms with van der Waals surface area (Å²) in [7, 11) is 1.84. The van der Waals surface area contributed by atoms with Gasteiger partial charge in [-0.05, 0) is 85.8 Å². The Labute approximate surface area is 295 Å². The number of aromatic nitrogens is 3. The van der Waals surface area contributed by atoms with Gasteiger partial charge in [-0.25, -0.2) is 0 Å². The Morgan fingerprint density at radius 3 is 2.78 bits per heavy atom. The first kappa shape index (κ1) is 32.0. The Bertz CT molecular complexity index is 2110. The van der Waals surface area contributed by atoms with Crippen LogP contribution in [0.3, 0.4) is 0 Å². The number of rotatable bonds is 7. The molecular weight excluding hydrogens is 646 g/mol. The Morgan fingerprint density at radius 2 is 1.94 bits per heavy atom. The van der Waals surface area contributed by atoms with E-state index in [4.69, 9.17) is 4.74 Å². The van der Waals surface area contributed by atoms with E-state index in [1.807, 2.05) is 37.4 Å². The molecule has 0 bridgehead atoms. The van der Waals surface area contributed by atoms with Gasteiger partial charge in [-0.1, -0.05) is 26.0 Å². The number of benzene rings is 2. The maximum absolute atomic E-state index is 13.7. The van der Waals surface area contributed by atoms with E-state index in [9.17, 15) is 19.2 Å². The molecule has 12 heteroatoms. The van der Waals surface area contributed by atoms with Gasteiger partial charge < -0.3 is 19.5 Å². The minimum Gasteiger partial charge on any atom is -0.371 e. The molecule has 0 spiro atoms. The number of carbonyl (C=O) groups is 4. The highest BCUT2D eigenvalue weighted by atomic mass is 16.6. The summed E-state index contributed by atoms with van der Waals surface area (Å²) in [5.41, 5.74) is 9.00. The predicted octanol–water partition coefficient (Wildman–Crippen LogP) is 5.00. The maximum atomic E-state index is 13.7. The first-order valence-electron chi connectivity index (χ1n) is 18.2. The number of hydrogen-bond acceptors (Lipinski definition) is 7. The van der Waals surface area contributed by atoms with Crippen LogP contribution in [0.2, 0.25) is 0 Å². The Kier molecular flexibility index (Phi) is 7.39. The number of hydrogen-bond donors (Lipinski definition) is 3. The molecule has 4 aromatic rings. The molecule has 264 valence electrons. The van der Waals surface area contributed by atoms with E-state index in [-0.39, 0.29) is 35.7 Å². The fourth-order valence-corrected chi connectivity index (χ4v) is 8.70. The van der Waals surface area contributed by atoms with Gasteiger partial charge in [-0.15, -0.1) is 0 Å². The summed E-state index contributed by atoms with van der Waals surface area (Å²) >= 11 is 0. The third kappa shape index (κ3) is 5.60. The second-order valence-corrected chi connectivity index (χ2v) is 15.8. The molecule has 4 amide bonds. The molecule has 0 saturated carbocycles. The zero-order chi connectivity index (χ0) is 35.2. The van der Waals surface area contributed by atoms with Crippen molar-refractivity contribution in [1.29, 1.82) is 0 Å². The maximum Gasteiger partial charge on any atom is 0.257 e. The highest BCUT2D eigenvalue weighted by Gasteiger charge is 2.56. The number of H-pyrrole nitrogens is 2. The number of nitrogens with one attached hydrogen (secondary N) is 3. The molecule has 12 nitrogen and oxygen atoms in total. The lowest BCUT2D eigenvalue weighted by Crippen LogP contribution is -2.56. The number of fused-ring (bicyclic) bond motifs is 5. The predicted molar refractivity (Wildman–Crippen MR) is 191 cm³/mol. The summed E-state index contributed by atoms with van der Waals surface area (Å²) in [6, 6.07) is 13.5. The van der Waals surface area contributed by atoms with Gasteiger partial charge in [0.25, 0.3) is 5.91 Å². The van der Waals surface area contributed by atoms with Crippen LogP contribution in [-0.2, 0) is 32.0 Å². The van der Waals surface area contributed by atoms with Crippen molar-refractivity contribution in [3.63, 3.8) is 0 Å². The van der Waals surface area contributed by atoms with Crippen molar-refractivity contribution in [2.45, 2.75) is 83.6 Å². The van der Waals surface area contributed by atoms with Crippen LogP contribution in [0, 0.1) is 11.3 Å². The normalized spacial score (nSPS) is 25.0. The van der Waals surface area contributed by atoms with Crippen LogP contribution in [0.1, 0.15) is 85.7 Å². The SMILES string of the molecule is CN(C(=O)CCC1CCN(c2ccc3c(c2)C(=O)N(C2CCC(=O)NC2=O)C2OC32)C1)c1ccc2cc(-c3n[nH]c4c3CCC(C)(C)C4)[nH]c2c1. The van der Waals surface area contributed by atoms with Gasteiger partial charge in [0.2, 0.25) is 17.7 Å². The van der Waals surface area contributed by atoms with Gasteiger partial charge in [-0.2, -0.15) is 5.10 Å². The van der Waals surface area contributed by atoms with Crippen molar-refractivity contribution in [1.82, 2.24) is 25.4 Å². The van der Waals surface area contributed by atoms with Crippen LogP contribution in [-0.4, -0.2) is 76.1 Å². The Morgan fingerprint density at radius 1 is 1.08 bits per heavy atom. The fraction of sp³-hybridized carbons (Fsp3) is 0.462. The highest BCUT2D eigenvalue weighted by Crippen LogP contribution is 2.49. The zero-order valence-corrected chi connectivity index (χ0v) is 29.3. The van der Waals surface area contributed by atoms with Crippen molar-refractivity contribution in [2.75, 3.05) is 29.9 Å². The lowest BCUT2D eigenvalue weighted by molar-refractivity contribution is -0.137. The summed E-state index contributed by atoms with van der Waals surface area (Å²) in [6.45, 7) is 6.25. The average molecular weight is 690 g/mol. The molecule has 9 rings (SSSR count). The summed E-state index contributed by atoms with van der Waals surface area (Å²) in [5, 5.41) is 11.4. The molecule has 3 fully saturated rings. The molecule has 1 aliphatic carbocycles. The molecular formula is C39H43N7O5. The van der Waals surface area contributed by atoms with E-state index in [1.165, 1.54) is 16.2 Å². The van der Waals surface area contributed by atoms with E-state index in [2.05, 4.69) is 51.4 Å². The number of carbonyl (C=O) groups excluding carboxylic acids is 4. The van der Waals surface area contributed by atoms with E-state index in [0.717, 1.165) is 84.4 Å². The number of piperidine rings is 1. The summed E-state index contributed by atoms with van der Waals surface area (Å²) in [4.78, 5) is 60.5. The molecule has 3 saturated heterocycles. The standard InChI is InChI=1S/C39H43N7O5/c1-39(2)14-12-26-30(19-39)42-43-34(26)29-16-22-5-6-23(18-28(22)40-29)44(3)33(48)11-4-21-13-15-45(20-21)24-7-8-25-27(17-24)37(50)46(38-35(25)51-38)31-9-10-32(47)41-36(31)49/h5-8,16-18,21,31,35,38,40H,4,9-15,19-20H2,1-3H3,(H,42,43)(H,41,47,49). The van der Waals surface area contributed by atoms with Crippen LogP contribution in [0.25, 0.3) is 22.3 Å². The molecule has 4 atom stereocenters. The smallest absolute Gasteiger partial charge is 0.257 e. The van der Waals surface area contributed by atoms with Crippen LogP contribution in [0.4, 0.5) is 11.4 Å². The lowest BCUT2D eigenvalue weighted by atomic mass is 9.76. The van der Waals surface area contributed by atoms with Crippen molar-refractivity contribution in [2.24, 2.45) is 11.3 Å². The molecule has 6 heterocycles. The van der Waals surface area contributed by atoms with Gasteiger partial charge in [0.15, 0.2) is 6.23 Å². The first-order valence-corrected chi connectivity index (χ1v) is 18.2. The van der Waals surface area contributed by atoms with Gasteiger partial charge in [-0.3, -0.25) is 34.5 Å². The van der Waals surface area contributed by atoms with Gasteiger partial charge >= 0.3 is 0 Å². The molecule has 4 aliphatic heterocycles. The van der Waals surface area contributed by atoms with Crippen LogP contribution in [0.15, 0.2) is 42.5 Å². The van der Waals surface area contributed by atoms with Crippen LogP contribution < -0.4 is 15.1 Å². The molecule has 0 radical (unpaired) electrons. The van der Waals surface area contributed by atoms with Gasteiger partial charge in [0.05, 0.1) is 5.69 Å². The molecule has 4 unspecified atom stereocenters. The number of imide groups is 1. The van der Waals surface area contributed by atoms with Crippen molar-refractivity contribution >= 4 is 45.9 Å². The summed E-state index contributed by atoms with van der Waals surface area (Å²) in [5.74, 6) is -0.557. The monoisotopic (exact) mass is 689 g/mol. The third-order valence-electron chi connectivity index (χ3n) is 11.8. The minimum absolute atomic E-state index is 0.0791. The Balaban J connectivity index is 0.829. The van der Waals surface area contributed by atoms with Crippen molar-refractivity contribution in [3.8, 4) is 11.4 Å². The average Bonchev–Trinajstić information content (AvgIpc) is 3.40. The topological polar surface area (TPSA) is 147 Å². The number of ether oxygens (including phenoxy) is 1.